The molecule has 0 fully saturated rings. The lowest BCUT2D eigenvalue weighted by atomic mass is 10.1. The Kier molecular flexibility index (Phi) is 3.39. The quantitative estimate of drug-likeness (QED) is 0.865. The molecule has 0 aliphatic heterocycles. The van der Waals surface area contributed by atoms with Crippen LogP contribution in [0.25, 0.3) is 0 Å². The summed E-state index contributed by atoms with van der Waals surface area (Å²) in [5.41, 5.74) is 6.87. The molecule has 0 bridgehead atoms. The number of ether oxygens (including phenoxy) is 1. The molecule has 0 saturated heterocycles. The monoisotopic (exact) mass is 232 g/mol. The van der Waals surface area contributed by atoms with Crippen molar-refractivity contribution in [2.45, 2.75) is 19.6 Å². The molecule has 0 saturated carbocycles. The second-order valence-corrected chi connectivity index (χ2v) is 4.00. The van der Waals surface area contributed by atoms with Gasteiger partial charge in [-0.15, -0.1) is 10.2 Å². The molecule has 0 unspecified atom stereocenters. The average molecular weight is 232 g/mol. The fourth-order valence-corrected chi connectivity index (χ4v) is 1.45. The van der Waals surface area contributed by atoms with E-state index in [0.29, 0.717) is 6.61 Å². The first-order valence-corrected chi connectivity index (χ1v) is 5.48. The van der Waals surface area contributed by atoms with Crippen molar-refractivity contribution in [1.82, 2.24) is 14.8 Å². The van der Waals surface area contributed by atoms with Crippen LogP contribution in [0.15, 0.2) is 30.6 Å². The normalized spacial score (nSPS) is 12.4. The van der Waals surface area contributed by atoms with Crippen LogP contribution in [-0.4, -0.2) is 14.8 Å². The number of hydrogen-bond acceptors (Lipinski definition) is 4. The molecule has 1 heterocycles. The van der Waals surface area contributed by atoms with Gasteiger partial charge in [0.2, 0.25) is 0 Å². The predicted molar refractivity (Wildman–Crippen MR) is 64.4 cm³/mol. The first-order valence-electron chi connectivity index (χ1n) is 5.48. The van der Waals surface area contributed by atoms with E-state index in [4.69, 9.17) is 10.5 Å². The third-order valence-corrected chi connectivity index (χ3v) is 2.58. The predicted octanol–water partition coefficient (Wildman–Crippen LogP) is 1.41. The maximum atomic E-state index is 5.77. The Hall–Kier alpha value is -1.88. The van der Waals surface area contributed by atoms with Crippen molar-refractivity contribution < 1.29 is 4.74 Å². The second-order valence-electron chi connectivity index (χ2n) is 4.00. The van der Waals surface area contributed by atoms with E-state index in [1.165, 1.54) is 0 Å². The number of rotatable bonds is 4. The summed E-state index contributed by atoms with van der Waals surface area (Å²) in [7, 11) is 1.89. The first kappa shape index (κ1) is 11.6. The molecule has 2 aromatic rings. The zero-order chi connectivity index (χ0) is 12.3. The number of aryl methyl sites for hydroxylation is 1. The Labute approximate surface area is 100 Å². The highest BCUT2D eigenvalue weighted by Gasteiger charge is 2.03. The van der Waals surface area contributed by atoms with Crippen LogP contribution in [0.1, 0.15) is 24.4 Å². The van der Waals surface area contributed by atoms with Crippen molar-refractivity contribution >= 4 is 0 Å². The minimum atomic E-state index is 0.0443. The van der Waals surface area contributed by atoms with Gasteiger partial charge in [0.05, 0.1) is 0 Å². The van der Waals surface area contributed by atoms with Gasteiger partial charge in [0.15, 0.2) is 5.82 Å². The molecule has 0 radical (unpaired) electrons. The zero-order valence-corrected chi connectivity index (χ0v) is 10.00. The molecule has 0 spiro atoms. The topological polar surface area (TPSA) is 66.0 Å². The molecule has 5 heteroatoms. The van der Waals surface area contributed by atoms with Crippen LogP contribution in [0, 0.1) is 0 Å². The van der Waals surface area contributed by atoms with E-state index in [1.54, 1.807) is 6.33 Å². The summed E-state index contributed by atoms with van der Waals surface area (Å²) in [6, 6.07) is 7.81. The molecule has 2 N–H and O–H groups in total. The Morgan fingerprint density at radius 1 is 1.35 bits per heavy atom. The fourth-order valence-electron chi connectivity index (χ4n) is 1.45. The Morgan fingerprint density at radius 3 is 2.59 bits per heavy atom. The van der Waals surface area contributed by atoms with Crippen LogP contribution < -0.4 is 10.5 Å². The van der Waals surface area contributed by atoms with Gasteiger partial charge < -0.3 is 15.0 Å². The minimum Gasteiger partial charge on any atom is -0.486 e. The van der Waals surface area contributed by atoms with Gasteiger partial charge >= 0.3 is 0 Å². The van der Waals surface area contributed by atoms with Gasteiger partial charge in [-0.25, -0.2) is 0 Å². The number of hydrogen-bond donors (Lipinski definition) is 1. The van der Waals surface area contributed by atoms with E-state index in [9.17, 15) is 0 Å². The summed E-state index contributed by atoms with van der Waals surface area (Å²) in [6.07, 6.45) is 1.65. The van der Waals surface area contributed by atoms with Crippen molar-refractivity contribution in [3.8, 4) is 5.75 Å². The van der Waals surface area contributed by atoms with Crippen molar-refractivity contribution in [2.24, 2.45) is 12.8 Å². The standard InChI is InChI=1S/C12H16N4O/c1-9(13)10-3-5-11(6-4-10)17-7-12-15-14-8-16(12)2/h3-6,8-9H,7,13H2,1-2H3/t9-/m0/s1. The SMILES string of the molecule is C[C@H](N)c1ccc(OCc2nncn2C)cc1. The molecule has 1 aromatic heterocycles. The lowest BCUT2D eigenvalue weighted by Crippen LogP contribution is -2.05. The summed E-state index contributed by atoms with van der Waals surface area (Å²) in [5.74, 6) is 1.60. The van der Waals surface area contributed by atoms with E-state index < -0.39 is 0 Å². The van der Waals surface area contributed by atoms with Crippen molar-refractivity contribution in [3.05, 3.63) is 42.0 Å². The van der Waals surface area contributed by atoms with Gasteiger partial charge in [-0.2, -0.15) is 0 Å². The summed E-state index contributed by atoms with van der Waals surface area (Å²) >= 11 is 0. The average Bonchev–Trinajstić information content (AvgIpc) is 2.73. The number of benzene rings is 1. The fraction of sp³-hybridized carbons (Fsp3) is 0.333. The maximum Gasteiger partial charge on any atom is 0.170 e. The Bertz CT molecular complexity index is 476. The van der Waals surface area contributed by atoms with Gasteiger partial charge in [-0.3, -0.25) is 0 Å². The molecule has 2 rings (SSSR count). The molecule has 0 aliphatic carbocycles. The smallest absolute Gasteiger partial charge is 0.170 e. The molecular formula is C12H16N4O. The van der Waals surface area contributed by atoms with E-state index in [1.807, 2.05) is 42.8 Å². The van der Waals surface area contributed by atoms with Gasteiger partial charge in [-0.05, 0) is 24.6 Å². The van der Waals surface area contributed by atoms with E-state index >= 15 is 0 Å². The van der Waals surface area contributed by atoms with Gasteiger partial charge in [0.1, 0.15) is 18.7 Å². The van der Waals surface area contributed by atoms with Gasteiger partial charge in [-0.1, -0.05) is 12.1 Å². The molecule has 0 aliphatic rings. The molecule has 17 heavy (non-hydrogen) atoms. The Balaban J connectivity index is 1.98. The summed E-state index contributed by atoms with van der Waals surface area (Å²) in [6.45, 7) is 2.36. The summed E-state index contributed by atoms with van der Waals surface area (Å²) in [4.78, 5) is 0. The largest absolute Gasteiger partial charge is 0.486 e. The highest BCUT2D eigenvalue weighted by Crippen LogP contribution is 2.16. The van der Waals surface area contributed by atoms with Crippen molar-refractivity contribution in [3.63, 3.8) is 0 Å². The Morgan fingerprint density at radius 2 is 2.06 bits per heavy atom. The van der Waals surface area contributed by atoms with Crippen molar-refractivity contribution in [1.29, 1.82) is 0 Å². The van der Waals surface area contributed by atoms with Crippen LogP contribution in [0.4, 0.5) is 0 Å². The van der Waals surface area contributed by atoms with E-state index in [-0.39, 0.29) is 6.04 Å². The van der Waals surface area contributed by atoms with Crippen LogP contribution in [-0.2, 0) is 13.7 Å². The third-order valence-electron chi connectivity index (χ3n) is 2.58. The minimum absolute atomic E-state index is 0.0443. The van der Waals surface area contributed by atoms with Crippen LogP contribution in [0.2, 0.25) is 0 Å². The third kappa shape index (κ3) is 2.82. The van der Waals surface area contributed by atoms with Crippen LogP contribution >= 0.6 is 0 Å². The lowest BCUT2D eigenvalue weighted by molar-refractivity contribution is 0.291. The number of nitrogens with zero attached hydrogens (tertiary/aromatic N) is 3. The molecule has 90 valence electrons. The van der Waals surface area contributed by atoms with Gasteiger partial charge in [0, 0.05) is 13.1 Å². The number of nitrogens with two attached hydrogens (primary N) is 1. The molecule has 1 atom stereocenters. The highest BCUT2D eigenvalue weighted by molar-refractivity contribution is 5.28. The van der Waals surface area contributed by atoms with Gasteiger partial charge in [0.25, 0.3) is 0 Å². The molecule has 5 nitrogen and oxygen atoms in total. The summed E-state index contributed by atoms with van der Waals surface area (Å²) < 4.78 is 7.43. The first-order chi connectivity index (χ1) is 8.16. The summed E-state index contributed by atoms with van der Waals surface area (Å²) in [5, 5.41) is 7.73. The van der Waals surface area contributed by atoms with Crippen LogP contribution in [0.5, 0.6) is 5.75 Å². The van der Waals surface area contributed by atoms with Crippen molar-refractivity contribution in [2.75, 3.05) is 0 Å². The molecule has 1 aromatic carbocycles. The highest BCUT2D eigenvalue weighted by atomic mass is 16.5. The zero-order valence-electron chi connectivity index (χ0n) is 10.00. The van der Waals surface area contributed by atoms with E-state index in [2.05, 4.69) is 10.2 Å². The molecular weight excluding hydrogens is 216 g/mol. The number of aromatic nitrogens is 3. The molecule has 0 amide bonds. The maximum absolute atomic E-state index is 5.77. The van der Waals surface area contributed by atoms with Crippen LogP contribution in [0.3, 0.4) is 0 Å². The van der Waals surface area contributed by atoms with E-state index in [0.717, 1.165) is 17.1 Å². The lowest BCUT2D eigenvalue weighted by Gasteiger charge is -2.08. The second kappa shape index (κ2) is 4.97.